The van der Waals surface area contributed by atoms with E-state index < -0.39 is 40.8 Å². The van der Waals surface area contributed by atoms with Gasteiger partial charge in [-0.2, -0.15) is 13.2 Å². The highest BCUT2D eigenvalue weighted by atomic mass is 35.5. The van der Waals surface area contributed by atoms with Gasteiger partial charge in [0.05, 0.1) is 6.34 Å². The highest BCUT2D eigenvalue weighted by Crippen LogP contribution is 2.49. The van der Waals surface area contributed by atoms with Gasteiger partial charge < -0.3 is 15.4 Å². The maximum Gasteiger partial charge on any atom is 0.412 e. The fourth-order valence-electron chi connectivity index (χ4n) is 3.73. The number of carbonyl (C=O) groups is 1. The average Bonchev–Trinajstić information content (AvgIpc) is 3.18. The summed E-state index contributed by atoms with van der Waals surface area (Å²) in [6.45, 7) is 0. The molecule has 0 saturated carbocycles. The number of para-hydroxylation sites is 2. The summed E-state index contributed by atoms with van der Waals surface area (Å²) in [6.07, 6.45) is -2.85. The highest BCUT2D eigenvalue weighted by Gasteiger charge is 2.64. The molecule has 0 aliphatic carbocycles. The Balaban J connectivity index is 1.92. The molecular weight excluding hydrogens is 464 g/mol. The largest absolute Gasteiger partial charge is 0.454 e. The highest BCUT2D eigenvalue weighted by molar-refractivity contribution is 6.29. The van der Waals surface area contributed by atoms with Crippen LogP contribution in [0.5, 0.6) is 11.5 Å². The van der Waals surface area contributed by atoms with E-state index in [1.807, 2.05) is 0 Å². The molecule has 1 amide bonds. The number of nitrogens with two attached hydrogens (primary N) is 1. The van der Waals surface area contributed by atoms with Crippen LogP contribution in [0.25, 0.3) is 0 Å². The summed E-state index contributed by atoms with van der Waals surface area (Å²) < 4.78 is 63.8. The number of nitrogens with zero attached hydrogens (tertiary/aromatic N) is 3. The van der Waals surface area contributed by atoms with Gasteiger partial charge in [0.2, 0.25) is 0 Å². The van der Waals surface area contributed by atoms with Gasteiger partial charge in [-0.3, -0.25) is 9.79 Å². The van der Waals surface area contributed by atoms with Crippen molar-refractivity contribution in [3.8, 4) is 11.5 Å². The lowest BCUT2D eigenvalue weighted by molar-refractivity contribution is -0.165. The van der Waals surface area contributed by atoms with E-state index in [-0.39, 0.29) is 16.6 Å². The molecule has 6 nitrogen and oxygen atoms in total. The molecular formula is C22H15ClF4N4O2. The third-order valence-electron chi connectivity index (χ3n) is 5.10. The van der Waals surface area contributed by atoms with Gasteiger partial charge in [0.25, 0.3) is 5.91 Å². The molecule has 1 aromatic heterocycles. The van der Waals surface area contributed by atoms with Gasteiger partial charge in [0.15, 0.2) is 23.1 Å². The van der Waals surface area contributed by atoms with E-state index >= 15 is 0 Å². The Morgan fingerprint density at radius 2 is 1.85 bits per heavy atom. The number of anilines is 1. The second-order valence-electron chi connectivity index (χ2n) is 7.10. The third-order valence-corrected chi connectivity index (χ3v) is 5.30. The van der Waals surface area contributed by atoms with E-state index in [1.54, 1.807) is 6.07 Å². The molecule has 2 unspecified atom stereocenters. The van der Waals surface area contributed by atoms with Crippen LogP contribution in [0.4, 0.5) is 23.2 Å². The molecule has 1 aliphatic rings. The number of aromatic nitrogens is 1. The van der Waals surface area contributed by atoms with Gasteiger partial charge in [-0.25, -0.2) is 9.37 Å². The number of hydrogen-bond donors (Lipinski definition) is 1. The second kappa shape index (κ2) is 8.36. The van der Waals surface area contributed by atoms with Gasteiger partial charge in [0, 0.05) is 23.5 Å². The number of rotatable bonds is 5. The maximum atomic E-state index is 14.9. The van der Waals surface area contributed by atoms with E-state index in [9.17, 15) is 22.4 Å². The minimum atomic E-state index is -5.00. The molecule has 3 aromatic rings. The Labute approximate surface area is 190 Å². The lowest BCUT2D eigenvalue weighted by Crippen LogP contribution is -2.59. The first-order chi connectivity index (χ1) is 15.6. The molecule has 2 atom stereocenters. The number of primary amides is 1. The normalized spacial score (nSPS) is 20.2. The number of aliphatic imine (C=N–C) groups is 1. The number of ether oxygens (including phenoxy) is 1. The van der Waals surface area contributed by atoms with Crippen LogP contribution >= 0.6 is 11.6 Å². The monoisotopic (exact) mass is 478 g/mol. The summed E-state index contributed by atoms with van der Waals surface area (Å²) in [4.78, 5) is 21.2. The van der Waals surface area contributed by atoms with E-state index in [0.29, 0.717) is 0 Å². The molecule has 0 bridgehead atoms. The molecule has 0 saturated heterocycles. The average molecular weight is 479 g/mol. The van der Waals surface area contributed by atoms with E-state index in [0.717, 1.165) is 29.4 Å². The Morgan fingerprint density at radius 3 is 2.48 bits per heavy atom. The van der Waals surface area contributed by atoms with Crippen molar-refractivity contribution in [2.75, 3.05) is 4.90 Å². The van der Waals surface area contributed by atoms with Crippen LogP contribution in [0.15, 0.2) is 71.9 Å². The van der Waals surface area contributed by atoms with Crippen molar-refractivity contribution in [1.82, 2.24) is 4.98 Å². The molecule has 2 aromatic carbocycles. The molecule has 0 radical (unpaired) electrons. The fraction of sp³-hybridized carbons (Fsp3) is 0.136. The molecule has 33 heavy (non-hydrogen) atoms. The molecule has 0 fully saturated rings. The van der Waals surface area contributed by atoms with E-state index in [4.69, 9.17) is 22.1 Å². The molecule has 11 heteroatoms. The first-order valence-electron chi connectivity index (χ1n) is 9.48. The number of alkyl halides is 3. The minimum Gasteiger partial charge on any atom is -0.454 e. The fourth-order valence-corrected chi connectivity index (χ4v) is 3.89. The summed E-state index contributed by atoms with van der Waals surface area (Å²) in [6, 6.07) is 10.8. The zero-order valence-corrected chi connectivity index (χ0v) is 17.4. The Kier molecular flexibility index (Phi) is 5.71. The van der Waals surface area contributed by atoms with Gasteiger partial charge in [-0.15, -0.1) is 0 Å². The van der Waals surface area contributed by atoms with Crippen LogP contribution in [0.1, 0.15) is 5.56 Å². The van der Waals surface area contributed by atoms with Crippen molar-refractivity contribution in [2.24, 2.45) is 10.7 Å². The topological polar surface area (TPSA) is 80.8 Å². The minimum absolute atomic E-state index is 0.00794. The molecule has 170 valence electrons. The number of hydrogen-bond acceptors (Lipinski definition) is 5. The van der Waals surface area contributed by atoms with Crippen LogP contribution in [-0.4, -0.2) is 29.4 Å². The summed E-state index contributed by atoms with van der Waals surface area (Å²) in [5, 5.41) is 0.0114. The quantitative estimate of drug-likeness (QED) is 0.421. The van der Waals surface area contributed by atoms with Gasteiger partial charge in [0.1, 0.15) is 10.9 Å². The molecule has 2 heterocycles. The SMILES string of the molecule is NC(=O)C1(c2cccc(F)c2Oc2ccnc(Cl)c2)N=CN(c2ccccc2)C1C(F)(F)F. The van der Waals surface area contributed by atoms with E-state index in [1.165, 1.54) is 42.6 Å². The number of amides is 1. The van der Waals surface area contributed by atoms with Crippen LogP contribution < -0.4 is 15.4 Å². The standard InChI is InChI=1S/C22H15ClF4N4O2/c23-17-11-14(9-10-29-17)33-18-15(7-4-8-16(18)24)21(20(28)32)19(22(25,26)27)31(12-30-21)13-5-2-1-3-6-13/h1-12,19H,(H2,28,32). The lowest BCUT2D eigenvalue weighted by atomic mass is 9.81. The Morgan fingerprint density at radius 1 is 1.12 bits per heavy atom. The Bertz CT molecular complexity index is 1220. The summed E-state index contributed by atoms with van der Waals surface area (Å²) >= 11 is 5.83. The van der Waals surface area contributed by atoms with Crippen LogP contribution in [0.2, 0.25) is 5.15 Å². The summed E-state index contributed by atoms with van der Waals surface area (Å²) in [5.74, 6) is -3.09. The van der Waals surface area contributed by atoms with Crippen molar-refractivity contribution in [3.63, 3.8) is 0 Å². The van der Waals surface area contributed by atoms with Crippen molar-refractivity contribution >= 4 is 29.5 Å². The zero-order valence-electron chi connectivity index (χ0n) is 16.6. The van der Waals surface area contributed by atoms with Crippen LogP contribution in [-0.2, 0) is 10.3 Å². The third kappa shape index (κ3) is 3.97. The summed E-state index contributed by atoms with van der Waals surface area (Å²) in [7, 11) is 0. The van der Waals surface area contributed by atoms with Crippen LogP contribution in [0.3, 0.4) is 0 Å². The van der Waals surface area contributed by atoms with E-state index in [2.05, 4.69) is 9.98 Å². The van der Waals surface area contributed by atoms with Crippen molar-refractivity contribution in [3.05, 3.63) is 83.4 Å². The number of carbonyl (C=O) groups excluding carboxylic acids is 1. The van der Waals surface area contributed by atoms with Gasteiger partial charge in [-0.05, 0) is 24.3 Å². The second-order valence-corrected chi connectivity index (χ2v) is 7.48. The van der Waals surface area contributed by atoms with Gasteiger partial charge >= 0.3 is 6.18 Å². The predicted molar refractivity (Wildman–Crippen MR) is 114 cm³/mol. The lowest BCUT2D eigenvalue weighted by Gasteiger charge is -2.37. The maximum absolute atomic E-state index is 14.9. The van der Waals surface area contributed by atoms with Gasteiger partial charge in [-0.1, -0.05) is 41.9 Å². The first-order valence-corrected chi connectivity index (χ1v) is 9.86. The number of benzene rings is 2. The molecule has 2 N–H and O–H groups in total. The number of pyridine rings is 1. The van der Waals surface area contributed by atoms with Crippen LogP contribution in [0, 0.1) is 5.82 Å². The molecule has 1 aliphatic heterocycles. The first kappa shape index (κ1) is 22.5. The summed E-state index contributed by atoms with van der Waals surface area (Å²) in [5.41, 5.74) is 2.44. The Hall–Kier alpha value is -3.66. The van der Waals surface area contributed by atoms with Crippen molar-refractivity contribution in [1.29, 1.82) is 0 Å². The molecule has 0 spiro atoms. The van der Waals surface area contributed by atoms with Crippen molar-refractivity contribution in [2.45, 2.75) is 17.8 Å². The molecule has 4 rings (SSSR count). The van der Waals surface area contributed by atoms with Crippen molar-refractivity contribution < 1.29 is 27.1 Å². The predicted octanol–water partition coefficient (Wildman–Crippen LogP) is 4.83. The zero-order chi connectivity index (χ0) is 23.8. The number of halogens is 5. The smallest absolute Gasteiger partial charge is 0.412 e.